The summed E-state index contributed by atoms with van der Waals surface area (Å²) in [5, 5.41) is 3.96. The minimum absolute atomic E-state index is 0.0776. The van der Waals surface area contributed by atoms with E-state index in [4.69, 9.17) is 0 Å². The monoisotopic (exact) mass is 272 g/mol. The van der Waals surface area contributed by atoms with Gasteiger partial charge in [-0.1, -0.05) is 42.5 Å². The molecule has 4 rings (SSSR count). The van der Waals surface area contributed by atoms with Crippen molar-refractivity contribution in [3.63, 3.8) is 0 Å². The molecule has 1 aliphatic heterocycles. The van der Waals surface area contributed by atoms with Crippen molar-refractivity contribution in [1.29, 1.82) is 0 Å². The van der Waals surface area contributed by atoms with Gasteiger partial charge in [0, 0.05) is 16.6 Å². The zero-order valence-electron chi connectivity index (χ0n) is 11.2. The van der Waals surface area contributed by atoms with Gasteiger partial charge < -0.3 is 5.32 Å². The van der Waals surface area contributed by atoms with Crippen molar-refractivity contribution >= 4 is 34.1 Å². The Hall–Kier alpha value is -2.94. The first kappa shape index (κ1) is 11.9. The number of pyridine rings is 1. The molecule has 0 fully saturated rings. The van der Waals surface area contributed by atoms with Crippen molar-refractivity contribution in [1.82, 2.24) is 4.98 Å². The first-order valence-corrected chi connectivity index (χ1v) is 6.79. The zero-order chi connectivity index (χ0) is 14.2. The van der Waals surface area contributed by atoms with Crippen LogP contribution in [0.15, 0.2) is 60.7 Å². The van der Waals surface area contributed by atoms with E-state index in [-0.39, 0.29) is 5.91 Å². The summed E-state index contributed by atoms with van der Waals surface area (Å²) in [6.07, 6.45) is 1.84. The Morgan fingerprint density at radius 2 is 1.71 bits per heavy atom. The molecule has 3 nitrogen and oxygen atoms in total. The van der Waals surface area contributed by atoms with Crippen LogP contribution in [0, 0.1) is 0 Å². The van der Waals surface area contributed by atoms with Gasteiger partial charge in [0.15, 0.2) is 0 Å². The molecule has 0 aliphatic carbocycles. The van der Waals surface area contributed by atoms with Crippen molar-refractivity contribution in [2.24, 2.45) is 0 Å². The van der Waals surface area contributed by atoms with Gasteiger partial charge in [0.2, 0.25) is 0 Å². The maximum absolute atomic E-state index is 12.1. The van der Waals surface area contributed by atoms with Crippen LogP contribution in [-0.4, -0.2) is 10.9 Å². The molecule has 0 saturated heterocycles. The highest BCUT2D eigenvalue weighted by atomic mass is 16.2. The second-order valence-corrected chi connectivity index (χ2v) is 4.99. The van der Waals surface area contributed by atoms with E-state index in [1.165, 1.54) is 0 Å². The topological polar surface area (TPSA) is 42.0 Å². The second kappa shape index (κ2) is 4.56. The van der Waals surface area contributed by atoms with Crippen LogP contribution in [0.5, 0.6) is 0 Å². The molecule has 100 valence electrons. The van der Waals surface area contributed by atoms with Gasteiger partial charge in [-0.3, -0.25) is 4.79 Å². The number of hydrogen-bond donors (Lipinski definition) is 1. The molecule has 1 aromatic heterocycles. The zero-order valence-corrected chi connectivity index (χ0v) is 11.2. The predicted molar refractivity (Wildman–Crippen MR) is 84.7 cm³/mol. The predicted octanol–water partition coefficient (Wildman–Crippen LogP) is 3.73. The highest BCUT2D eigenvalue weighted by molar-refractivity contribution is 6.34. The van der Waals surface area contributed by atoms with E-state index in [0.717, 1.165) is 27.8 Å². The van der Waals surface area contributed by atoms with Gasteiger partial charge in [-0.2, -0.15) is 0 Å². The summed E-state index contributed by atoms with van der Waals surface area (Å²) in [6.45, 7) is 0. The van der Waals surface area contributed by atoms with Gasteiger partial charge in [-0.15, -0.1) is 0 Å². The van der Waals surface area contributed by atoms with Crippen LogP contribution >= 0.6 is 0 Å². The number of anilines is 1. The molecule has 3 heteroatoms. The smallest absolute Gasteiger partial charge is 0.256 e. The fourth-order valence-corrected chi connectivity index (χ4v) is 2.59. The molecule has 0 bridgehead atoms. The maximum Gasteiger partial charge on any atom is 0.256 e. The third kappa shape index (κ3) is 1.99. The van der Waals surface area contributed by atoms with Crippen molar-refractivity contribution < 1.29 is 4.79 Å². The molecule has 2 heterocycles. The fourth-order valence-electron chi connectivity index (χ4n) is 2.59. The van der Waals surface area contributed by atoms with Crippen LogP contribution in [-0.2, 0) is 4.79 Å². The maximum atomic E-state index is 12.1. The molecular weight excluding hydrogens is 260 g/mol. The molecule has 3 aromatic rings. The fraction of sp³-hybridized carbons (Fsp3) is 0. The minimum Gasteiger partial charge on any atom is -0.321 e. The number of carbonyl (C=O) groups excluding carboxylic acids is 1. The SMILES string of the molecule is O=C1Nc2ccccc2/C1=C/c1ccc2ccccc2n1. The van der Waals surface area contributed by atoms with Crippen LogP contribution in [0.4, 0.5) is 5.69 Å². The highest BCUT2D eigenvalue weighted by Crippen LogP contribution is 2.32. The van der Waals surface area contributed by atoms with Gasteiger partial charge in [0.25, 0.3) is 5.91 Å². The van der Waals surface area contributed by atoms with Crippen LogP contribution in [0.3, 0.4) is 0 Å². The van der Waals surface area contributed by atoms with E-state index < -0.39 is 0 Å². The molecule has 0 spiro atoms. The third-order valence-electron chi connectivity index (χ3n) is 3.62. The lowest BCUT2D eigenvalue weighted by atomic mass is 10.1. The lowest BCUT2D eigenvalue weighted by Gasteiger charge is -2.00. The standard InChI is InChI=1S/C18H12N2O/c21-18-15(14-6-2-4-8-17(14)20-18)11-13-10-9-12-5-1-3-7-16(12)19-13/h1-11H,(H,20,21)/b15-11-. The quantitative estimate of drug-likeness (QED) is 0.686. The Labute approximate surface area is 122 Å². The third-order valence-corrected chi connectivity index (χ3v) is 3.62. The summed E-state index contributed by atoms with van der Waals surface area (Å²) in [5.41, 5.74) is 4.16. The number of rotatable bonds is 1. The lowest BCUT2D eigenvalue weighted by Crippen LogP contribution is -2.03. The Bertz CT molecular complexity index is 896. The molecule has 1 aliphatic rings. The molecule has 0 atom stereocenters. The summed E-state index contributed by atoms with van der Waals surface area (Å²) in [6, 6.07) is 19.6. The number of hydrogen-bond acceptors (Lipinski definition) is 2. The van der Waals surface area contributed by atoms with Gasteiger partial charge in [-0.05, 0) is 24.3 Å². The number of nitrogens with zero attached hydrogens (tertiary/aromatic N) is 1. The Morgan fingerprint density at radius 1 is 0.905 bits per heavy atom. The van der Waals surface area contributed by atoms with E-state index in [0.29, 0.717) is 5.57 Å². The number of fused-ring (bicyclic) bond motifs is 2. The summed E-state index contributed by atoms with van der Waals surface area (Å²) in [5.74, 6) is -0.0776. The Morgan fingerprint density at radius 3 is 2.67 bits per heavy atom. The van der Waals surface area contributed by atoms with Crippen molar-refractivity contribution in [3.8, 4) is 0 Å². The highest BCUT2D eigenvalue weighted by Gasteiger charge is 2.23. The molecule has 1 amide bonds. The van der Waals surface area contributed by atoms with Crippen LogP contribution in [0.2, 0.25) is 0 Å². The normalized spacial score (nSPS) is 15.2. The molecular formula is C18H12N2O. The van der Waals surface area contributed by atoms with Gasteiger partial charge in [-0.25, -0.2) is 4.98 Å². The van der Waals surface area contributed by atoms with Crippen LogP contribution in [0.1, 0.15) is 11.3 Å². The number of nitrogens with one attached hydrogen (secondary N) is 1. The number of benzene rings is 2. The van der Waals surface area contributed by atoms with E-state index in [1.54, 1.807) is 0 Å². The number of carbonyl (C=O) groups is 1. The average Bonchev–Trinajstić information content (AvgIpc) is 2.83. The molecule has 2 aromatic carbocycles. The lowest BCUT2D eigenvalue weighted by molar-refractivity contribution is -0.110. The average molecular weight is 272 g/mol. The summed E-state index contributed by atoms with van der Waals surface area (Å²) in [7, 11) is 0. The summed E-state index contributed by atoms with van der Waals surface area (Å²) < 4.78 is 0. The summed E-state index contributed by atoms with van der Waals surface area (Å²) in [4.78, 5) is 16.7. The van der Waals surface area contributed by atoms with Gasteiger partial charge >= 0.3 is 0 Å². The minimum atomic E-state index is -0.0776. The van der Waals surface area contributed by atoms with Crippen molar-refractivity contribution in [2.75, 3.05) is 5.32 Å². The first-order valence-electron chi connectivity index (χ1n) is 6.79. The number of aromatic nitrogens is 1. The molecule has 0 unspecified atom stereocenters. The van der Waals surface area contributed by atoms with Crippen LogP contribution < -0.4 is 5.32 Å². The van der Waals surface area contributed by atoms with Crippen molar-refractivity contribution in [3.05, 3.63) is 71.9 Å². The van der Waals surface area contributed by atoms with Gasteiger partial charge in [0.1, 0.15) is 0 Å². The number of para-hydroxylation sites is 2. The summed E-state index contributed by atoms with van der Waals surface area (Å²) >= 11 is 0. The second-order valence-electron chi connectivity index (χ2n) is 4.99. The Kier molecular flexibility index (Phi) is 2.57. The molecule has 21 heavy (non-hydrogen) atoms. The van der Waals surface area contributed by atoms with E-state index in [2.05, 4.69) is 10.3 Å². The van der Waals surface area contributed by atoms with E-state index >= 15 is 0 Å². The number of amides is 1. The van der Waals surface area contributed by atoms with Crippen molar-refractivity contribution in [2.45, 2.75) is 0 Å². The Balaban J connectivity index is 1.84. The van der Waals surface area contributed by atoms with E-state index in [9.17, 15) is 4.79 Å². The first-order chi connectivity index (χ1) is 10.3. The molecule has 0 radical (unpaired) electrons. The largest absolute Gasteiger partial charge is 0.321 e. The van der Waals surface area contributed by atoms with Crippen LogP contribution in [0.25, 0.3) is 22.6 Å². The molecule has 1 N–H and O–H groups in total. The molecule has 0 saturated carbocycles. The van der Waals surface area contributed by atoms with Gasteiger partial charge in [0.05, 0.1) is 16.8 Å². The van der Waals surface area contributed by atoms with E-state index in [1.807, 2.05) is 66.7 Å².